The van der Waals surface area contributed by atoms with Crippen LogP contribution in [0.1, 0.15) is 59.8 Å². The van der Waals surface area contributed by atoms with Crippen LogP contribution in [-0.2, 0) is 34.0 Å². The second-order valence-corrected chi connectivity index (χ2v) is 13.4. The molecule has 6 rings (SSSR count). The van der Waals surface area contributed by atoms with E-state index in [4.69, 9.17) is 47.4 Å². The Kier molecular flexibility index (Phi) is 15.3. The number of carbonyl (C=O) groups is 2. The molecule has 0 fully saturated rings. The van der Waals surface area contributed by atoms with Crippen molar-refractivity contribution in [3.8, 4) is 34.5 Å². The zero-order valence-electron chi connectivity index (χ0n) is 33.0. The van der Waals surface area contributed by atoms with E-state index in [0.717, 1.165) is 22.3 Å². The SMILES string of the molecule is C=CCC1c2ccc(OCOC)cc2OC(=O)C1c1ccc(OCOC)cc1.C=CCC1c2ccc(OCOC)cc2OC(=O)[C@@]1(C)c1ccc(OCOC)cc1. The summed E-state index contributed by atoms with van der Waals surface area (Å²) in [6.07, 6.45) is 4.92. The Bertz CT molecular complexity index is 1960. The predicted molar refractivity (Wildman–Crippen MR) is 212 cm³/mol. The van der Waals surface area contributed by atoms with E-state index in [-0.39, 0.29) is 50.9 Å². The van der Waals surface area contributed by atoms with Gasteiger partial charge in [0.15, 0.2) is 27.2 Å². The van der Waals surface area contributed by atoms with Gasteiger partial charge in [0, 0.05) is 58.0 Å². The molecule has 0 radical (unpaired) electrons. The second-order valence-electron chi connectivity index (χ2n) is 13.4. The van der Waals surface area contributed by atoms with Crippen LogP contribution in [0.3, 0.4) is 0 Å². The lowest BCUT2D eigenvalue weighted by atomic mass is 9.66. The van der Waals surface area contributed by atoms with Gasteiger partial charge < -0.3 is 47.4 Å². The standard InChI is InChI=1S/C23H26O6.C22H24O6/c1-5-6-20-19-12-11-18(28-15-26-4)13-21(19)29-22(24)23(20,2)16-7-9-17(10-8-16)27-14-25-3;1-4-5-19-18-11-10-17(27-14-25-3)12-20(18)28-22(23)21(19)15-6-8-16(9-7-15)26-13-24-2/h5,7-13,20H,1,6,14-15H2,2-4H3;4,6-12,19,21H,1,5,13-14H2,2-3H3/t20?,23-;/m0./s1. The predicted octanol–water partition coefficient (Wildman–Crippen LogP) is 8.20. The van der Waals surface area contributed by atoms with E-state index in [1.54, 1.807) is 40.6 Å². The van der Waals surface area contributed by atoms with Crippen LogP contribution in [0, 0.1) is 0 Å². The highest BCUT2D eigenvalue weighted by Gasteiger charge is 2.49. The van der Waals surface area contributed by atoms with Gasteiger partial charge in [-0.05, 0) is 72.9 Å². The summed E-state index contributed by atoms with van der Waals surface area (Å²) in [6.45, 7) is 10.2. The first-order valence-corrected chi connectivity index (χ1v) is 18.3. The number of allylic oxidation sites excluding steroid dienone is 2. The summed E-state index contributed by atoms with van der Waals surface area (Å²) in [4.78, 5) is 26.0. The van der Waals surface area contributed by atoms with E-state index in [1.807, 2.05) is 91.9 Å². The third-order valence-corrected chi connectivity index (χ3v) is 9.83. The first kappa shape index (κ1) is 42.5. The molecule has 12 nitrogen and oxygen atoms in total. The van der Waals surface area contributed by atoms with Crippen LogP contribution >= 0.6 is 0 Å². The molecule has 4 aromatic rings. The minimum atomic E-state index is -0.865. The molecule has 2 aliphatic heterocycles. The van der Waals surface area contributed by atoms with Crippen molar-refractivity contribution >= 4 is 11.9 Å². The summed E-state index contributed by atoms with van der Waals surface area (Å²) in [5.41, 5.74) is 2.75. The monoisotopic (exact) mass is 782 g/mol. The molecular formula is C45H50O12. The van der Waals surface area contributed by atoms with Crippen LogP contribution < -0.4 is 28.4 Å². The van der Waals surface area contributed by atoms with Gasteiger partial charge in [0.05, 0.1) is 11.3 Å². The Morgan fingerprint density at radius 3 is 1.56 bits per heavy atom. The highest BCUT2D eigenvalue weighted by atomic mass is 16.7. The van der Waals surface area contributed by atoms with Crippen LogP contribution in [0.25, 0.3) is 0 Å². The van der Waals surface area contributed by atoms with Crippen molar-refractivity contribution in [2.24, 2.45) is 0 Å². The summed E-state index contributed by atoms with van der Waals surface area (Å²) in [7, 11) is 6.23. The number of hydrogen-bond donors (Lipinski definition) is 0. The van der Waals surface area contributed by atoms with Crippen molar-refractivity contribution < 1.29 is 57.0 Å². The van der Waals surface area contributed by atoms with Crippen LogP contribution in [0.2, 0.25) is 0 Å². The Balaban J connectivity index is 0.000000218. The summed E-state index contributed by atoms with van der Waals surface area (Å²) in [5, 5.41) is 0. The van der Waals surface area contributed by atoms with E-state index >= 15 is 0 Å². The maximum Gasteiger partial charge on any atom is 0.322 e. The number of rotatable bonds is 18. The average Bonchev–Trinajstić information content (AvgIpc) is 3.23. The van der Waals surface area contributed by atoms with Gasteiger partial charge in [-0.15, -0.1) is 13.2 Å². The summed E-state index contributed by atoms with van der Waals surface area (Å²) in [5.74, 6) is 2.30. The zero-order valence-corrected chi connectivity index (χ0v) is 33.0. The maximum absolute atomic E-state index is 13.2. The van der Waals surface area contributed by atoms with Crippen molar-refractivity contribution in [2.45, 2.75) is 42.9 Å². The molecule has 57 heavy (non-hydrogen) atoms. The molecule has 0 spiro atoms. The van der Waals surface area contributed by atoms with Crippen LogP contribution in [-0.4, -0.2) is 67.5 Å². The molecule has 2 heterocycles. The molecule has 4 aromatic carbocycles. The largest absolute Gasteiger partial charge is 0.468 e. The molecule has 0 N–H and O–H groups in total. The normalized spacial score (nSPS) is 19.4. The molecule has 0 bridgehead atoms. The second kappa shape index (κ2) is 20.5. The third-order valence-electron chi connectivity index (χ3n) is 9.83. The fraction of sp³-hybridized carbons (Fsp3) is 0.333. The molecule has 0 saturated carbocycles. The Morgan fingerprint density at radius 2 is 1.05 bits per heavy atom. The van der Waals surface area contributed by atoms with Gasteiger partial charge in [-0.2, -0.15) is 0 Å². The van der Waals surface area contributed by atoms with E-state index in [0.29, 0.717) is 47.3 Å². The van der Waals surface area contributed by atoms with Crippen molar-refractivity contribution in [2.75, 3.05) is 55.6 Å². The lowest BCUT2D eigenvalue weighted by molar-refractivity contribution is -0.143. The quantitative estimate of drug-likeness (QED) is 0.0418. The van der Waals surface area contributed by atoms with E-state index in [2.05, 4.69) is 13.2 Å². The third kappa shape index (κ3) is 10.0. The molecule has 4 atom stereocenters. The number of carbonyl (C=O) groups excluding carboxylic acids is 2. The number of fused-ring (bicyclic) bond motifs is 2. The number of methoxy groups -OCH3 is 4. The number of esters is 2. The molecule has 302 valence electrons. The van der Waals surface area contributed by atoms with E-state index in [9.17, 15) is 9.59 Å². The number of benzene rings is 4. The minimum absolute atomic E-state index is 0.0732. The van der Waals surface area contributed by atoms with Crippen molar-refractivity contribution in [3.05, 3.63) is 132 Å². The summed E-state index contributed by atoms with van der Waals surface area (Å²) < 4.78 is 52.9. The van der Waals surface area contributed by atoms with E-state index in [1.165, 1.54) is 0 Å². The smallest absolute Gasteiger partial charge is 0.322 e. The van der Waals surface area contributed by atoms with Gasteiger partial charge in [-0.3, -0.25) is 9.59 Å². The minimum Gasteiger partial charge on any atom is -0.468 e. The highest BCUT2D eigenvalue weighted by Crippen LogP contribution is 2.50. The number of hydrogen-bond acceptors (Lipinski definition) is 12. The molecule has 0 aliphatic carbocycles. The van der Waals surface area contributed by atoms with Crippen LogP contribution in [0.5, 0.6) is 34.5 Å². The molecule has 0 amide bonds. The Labute approximate surface area is 333 Å². The zero-order chi connectivity index (χ0) is 40.8. The van der Waals surface area contributed by atoms with Crippen LogP contribution in [0.4, 0.5) is 0 Å². The maximum atomic E-state index is 13.2. The first-order chi connectivity index (χ1) is 27.7. The van der Waals surface area contributed by atoms with Crippen molar-refractivity contribution in [1.82, 2.24) is 0 Å². The molecule has 3 unspecified atom stereocenters. The fourth-order valence-electron chi connectivity index (χ4n) is 6.99. The van der Waals surface area contributed by atoms with Gasteiger partial charge >= 0.3 is 11.9 Å². The summed E-state index contributed by atoms with van der Waals surface area (Å²) >= 11 is 0. The Hall–Kier alpha value is -5.66. The van der Waals surface area contributed by atoms with Crippen LogP contribution in [0.15, 0.2) is 110 Å². The topological polar surface area (TPSA) is 126 Å². The fourth-order valence-corrected chi connectivity index (χ4v) is 6.99. The van der Waals surface area contributed by atoms with Gasteiger partial charge in [0.2, 0.25) is 0 Å². The van der Waals surface area contributed by atoms with Gasteiger partial charge in [-0.25, -0.2) is 0 Å². The average molecular weight is 783 g/mol. The molecule has 0 aromatic heterocycles. The summed E-state index contributed by atoms with van der Waals surface area (Å²) in [6, 6.07) is 25.9. The van der Waals surface area contributed by atoms with Gasteiger partial charge in [-0.1, -0.05) is 48.6 Å². The van der Waals surface area contributed by atoms with Gasteiger partial charge in [0.1, 0.15) is 34.5 Å². The first-order valence-electron chi connectivity index (χ1n) is 18.3. The lowest BCUT2D eigenvalue weighted by Crippen LogP contribution is -2.45. The molecule has 2 aliphatic rings. The Morgan fingerprint density at radius 1 is 0.596 bits per heavy atom. The van der Waals surface area contributed by atoms with Crippen molar-refractivity contribution in [3.63, 3.8) is 0 Å². The molecule has 0 saturated heterocycles. The number of ether oxygens (including phenoxy) is 10. The van der Waals surface area contributed by atoms with Crippen molar-refractivity contribution in [1.29, 1.82) is 0 Å². The van der Waals surface area contributed by atoms with E-state index < -0.39 is 11.3 Å². The van der Waals surface area contributed by atoms with Gasteiger partial charge in [0.25, 0.3) is 0 Å². The molecule has 12 heteroatoms. The molecular weight excluding hydrogens is 732 g/mol. The highest BCUT2D eigenvalue weighted by molar-refractivity contribution is 5.89. The lowest BCUT2D eigenvalue weighted by Gasteiger charge is -2.40.